The van der Waals surface area contributed by atoms with Crippen LogP contribution >= 0.6 is 0 Å². The third-order valence-corrected chi connectivity index (χ3v) is 6.13. The molecule has 5 rings (SSSR count). The number of nitrogens with one attached hydrogen (secondary N) is 1. The Morgan fingerprint density at radius 3 is 2.57 bits per heavy atom. The van der Waals surface area contributed by atoms with Crippen molar-refractivity contribution in [3.8, 4) is 0 Å². The normalized spacial score (nSPS) is 21.0. The molecule has 1 saturated carbocycles. The number of aromatic carboxylic acids is 1. The zero-order chi connectivity index (χ0) is 20.8. The molecule has 2 fully saturated rings. The molecule has 1 unspecified atom stereocenters. The van der Waals surface area contributed by atoms with Crippen LogP contribution < -0.4 is 15.6 Å². The van der Waals surface area contributed by atoms with Gasteiger partial charge in [0, 0.05) is 49.7 Å². The number of nitrogens with zero attached hydrogens (tertiary/aromatic N) is 2. The van der Waals surface area contributed by atoms with Gasteiger partial charge >= 0.3 is 5.97 Å². The molecule has 3 aromatic rings. The van der Waals surface area contributed by atoms with Gasteiger partial charge in [0.15, 0.2) is 0 Å². The van der Waals surface area contributed by atoms with Crippen molar-refractivity contribution in [2.24, 2.45) is 0 Å². The molecule has 2 aromatic carbocycles. The number of hydrogen-bond acceptors (Lipinski definition) is 4. The van der Waals surface area contributed by atoms with Crippen LogP contribution in [0.25, 0.3) is 10.9 Å². The van der Waals surface area contributed by atoms with Crippen molar-refractivity contribution in [1.29, 1.82) is 0 Å². The molecule has 1 aliphatic carbocycles. The SMILES string of the molecule is O=C(O)c1cn(C2C[C@H]2c2ccccc2)c2cc(N3CCNCC3)c(F)cc2c1=O. The van der Waals surface area contributed by atoms with Gasteiger partial charge in [-0.1, -0.05) is 30.3 Å². The third kappa shape index (κ3) is 3.15. The number of carboxylic acid groups (broad SMARTS) is 1. The second kappa shape index (κ2) is 7.25. The van der Waals surface area contributed by atoms with Crippen LogP contribution in [0, 0.1) is 5.82 Å². The second-order valence-electron chi connectivity index (χ2n) is 7.96. The van der Waals surface area contributed by atoms with Crippen LogP contribution in [0.3, 0.4) is 0 Å². The molecule has 0 radical (unpaired) electrons. The molecule has 2 atom stereocenters. The van der Waals surface area contributed by atoms with E-state index in [4.69, 9.17) is 0 Å². The number of pyridine rings is 1. The summed E-state index contributed by atoms with van der Waals surface area (Å²) in [6, 6.07) is 13.0. The van der Waals surface area contributed by atoms with E-state index in [1.165, 1.54) is 17.8 Å². The van der Waals surface area contributed by atoms with Gasteiger partial charge in [0.2, 0.25) is 5.43 Å². The van der Waals surface area contributed by atoms with E-state index in [1.54, 1.807) is 6.07 Å². The standard InChI is InChI=1S/C23H22FN3O3/c24-18-10-16-20(12-21(18)26-8-6-25-7-9-26)27(13-17(22(16)28)23(29)30)19-11-15(19)14-4-2-1-3-5-14/h1-5,10,12-13,15,19,25H,6-9,11H2,(H,29,30)/t15-,19?/m0/s1. The number of rotatable bonds is 4. The first kappa shape index (κ1) is 18.8. The Morgan fingerprint density at radius 2 is 1.87 bits per heavy atom. The minimum absolute atomic E-state index is 0.0370. The van der Waals surface area contributed by atoms with E-state index in [0.29, 0.717) is 24.3 Å². The molecule has 1 saturated heterocycles. The number of halogens is 1. The minimum atomic E-state index is -1.29. The minimum Gasteiger partial charge on any atom is -0.477 e. The average Bonchev–Trinajstić information content (AvgIpc) is 3.56. The number of piperazine rings is 1. The zero-order valence-electron chi connectivity index (χ0n) is 16.3. The summed E-state index contributed by atoms with van der Waals surface area (Å²) in [5.41, 5.74) is 1.25. The van der Waals surface area contributed by atoms with Crippen LogP contribution in [0.15, 0.2) is 53.5 Å². The Balaban J connectivity index is 1.67. The maximum atomic E-state index is 14.9. The summed E-state index contributed by atoms with van der Waals surface area (Å²) in [6.45, 7) is 2.88. The fourth-order valence-corrected chi connectivity index (χ4v) is 4.48. The fourth-order valence-electron chi connectivity index (χ4n) is 4.48. The second-order valence-corrected chi connectivity index (χ2v) is 7.96. The number of anilines is 1. The molecule has 1 aliphatic heterocycles. The van der Waals surface area contributed by atoms with Crippen molar-refractivity contribution < 1.29 is 14.3 Å². The summed E-state index contributed by atoms with van der Waals surface area (Å²) in [5, 5.41) is 12.9. The summed E-state index contributed by atoms with van der Waals surface area (Å²) in [7, 11) is 0. The van der Waals surface area contributed by atoms with Crippen LogP contribution in [0.2, 0.25) is 0 Å². The third-order valence-electron chi connectivity index (χ3n) is 6.13. The van der Waals surface area contributed by atoms with E-state index in [0.717, 1.165) is 19.5 Å². The summed E-state index contributed by atoms with van der Waals surface area (Å²) >= 11 is 0. The number of hydrogen-bond donors (Lipinski definition) is 2. The highest BCUT2D eigenvalue weighted by molar-refractivity contribution is 5.93. The summed E-state index contributed by atoms with van der Waals surface area (Å²) in [6.07, 6.45) is 2.28. The molecule has 6 nitrogen and oxygen atoms in total. The maximum absolute atomic E-state index is 14.9. The van der Waals surface area contributed by atoms with Gasteiger partial charge in [0.25, 0.3) is 0 Å². The molecule has 0 bridgehead atoms. The predicted molar refractivity (Wildman–Crippen MR) is 113 cm³/mol. The number of aromatic nitrogens is 1. The van der Waals surface area contributed by atoms with Crippen LogP contribution in [-0.4, -0.2) is 41.8 Å². The molecule has 7 heteroatoms. The molecular weight excluding hydrogens is 385 g/mol. The lowest BCUT2D eigenvalue weighted by Gasteiger charge is -2.30. The monoisotopic (exact) mass is 407 g/mol. The lowest BCUT2D eigenvalue weighted by atomic mass is 10.1. The van der Waals surface area contributed by atoms with E-state index >= 15 is 0 Å². The Kier molecular flexibility index (Phi) is 4.55. The Bertz CT molecular complexity index is 1190. The van der Waals surface area contributed by atoms with E-state index in [1.807, 2.05) is 27.7 Å². The Hall–Kier alpha value is -3.19. The van der Waals surface area contributed by atoms with Gasteiger partial charge in [-0.2, -0.15) is 0 Å². The molecular formula is C23H22FN3O3. The predicted octanol–water partition coefficient (Wildman–Crippen LogP) is 2.98. The lowest BCUT2D eigenvalue weighted by Crippen LogP contribution is -2.43. The van der Waals surface area contributed by atoms with Crippen LogP contribution in [-0.2, 0) is 0 Å². The number of carboxylic acids is 1. The first-order valence-corrected chi connectivity index (χ1v) is 10.2. The number of carbonyl (C=O) groups is 1. The molecule has 30 heavy (non-hydrogen) atoms. The molecule has 2 aliphatic rings. The van der Waals surface area contributed by atoms with Gasteiger partial charge in [0.1, 0.15) is 11.4 Å². The first-order chi connectivity index (χ1) is 14.5. The highest BCUT2D eigenvalue weighted by Crippen LogP contribution is 2.52. The summed E-state index contributed by atoms with van der Waals surface area (Å²) < 4.78 is 16.8. The van der Waals surface area contributed by atoms with Crippen LogP contribution in [0.4, 0.5) is 10.1 Å². The molecule has 1 aromatic heterocycles. The number of fused-ring (bicyclic) bond motifs is 1. The summed E-state index contributed by atoms with van der Waals surface area (Å²) in [4.78, 5) is 26.4. The lowest BCUT2D eigenvalue weighted by molar-refractivity contribution is 0.0695. The number of benzene rings is 2. The fraction of sp³-hybridized carbons (Fsp3) is 0.304. The van der Waals surface area contributed by atoms with Crippen molar-refractivity contribution in [2.45, 2.75) is 18.4 Å². The van der Waals surface area contributed by atoms with Gasteiger partial charge in [-0.15, -0.1) is 0 Å². The summed E-state index contributed by atoms with van der Waals surface area (Å²) in [5.74, 6) is -1.55. The Morgan fingerprint density at radius 1 is 1.13 bits per heavy atom. The zero-order valence-corrected chi connectivity index (χ0v) is 16.3. The highest BCUT2D eigenvalue weighted by Gasteiger charge is 2.40. The van der Waals surface area contributed by atoms with Gasteiger partial charge in [-0.3, -0.25) is 4.79 Å². The smallest absolute Gasteiger partial charge is 0.341 e. The maximum Gasteiger partial charge on any atom is 0.341 e. The van der Waals surface area contributed by atoms with Crippen LogP contribution in [0.5, 0.6) is 0 Å². The van der Waals surface area contributed by atoms with Crippen molar-refractivity contribution in [2.75, 3.05) is 31.1 Å². The van der Waals surface area contributed by atoms with E-state index in [2.05, 4.69) is 17.4 Å². The van der Waals surface area contributed by atoms with Gasteiger partial charge in [-0.05, 0) is 24.1 Å². The molecule has 154 valence electrons. The average molecular weight is 407 g/mol. The van der Waals surface area contributed by atoms with Gasteiger partial charge in [-0.25, -0.2) is 9.18 Å². The van der Waals surface area contributed by atoms with E-state index < -0.39 is 17.2 Å². The Labute approximate surface area is 172 Å². The molecule has 0 spiro atoms. The molecule has 2 N–H and O–H groups in total. The van der Waals surface area contributed by atoms with Gasteiger partial charge in [0.05, 0.1) is 11.2 Å². The van der Waals surface area contributed by atoms with Gasteiger partial charge < -0.3 is 19.9 Å². The van der Waals surface area contributed by atoms with E-state index in [-0.39, 0.29) is 22.9 Å². The molecule has 0 amide bonds. The van der Waals surface area contributed by atoms with Crippen molar-refractivity contribution in [3.05, 3.63) is 75.8 Å². The first-order valence-electron chi connectivity index (χ1n) is 10.2. The topological polar surface area (TPSA) is 74.6 Å². The largest absolute Gasteiger partial charge is 0.477 e. The van der Waals surface area contributed by atoms with Crippen molar-refractivity contribution in [3.63, 3.8) is 0 Å². The van der Waals surface area contributed by atoms with Crippen molar-refractivity contribution in [1.82, 2.24) is 9.88 Å². The quantitative estimate of drug-likeness (QED) is 0.696. The van der Waals surface area contributed by atoms with E-state index in [9.17, 15) is 19.1 Å². The van der Waals surface area contributed by atoms with Crippen molar-refractivity contribution >= 4 is 22.6 Å². The van der Waals surface area contributed by atoms with Crippen LogP contribution in [0.1, 0.15) is 34.3 Å². The molecule has 2 heterocycles. The highest BCUT2D eigenvalue weighted by atomic mass is 19.1.